The Morgan fingerprint density at radius 3 is 2.67 bits per heavy atom. The zero-order chi connectivity index (χ0) is 13.3. The summed E-state index contributed by atoms with van der Waals surface area (Å²) in [6.07, 6.45) is 0. The van der Waals surface area contributed by atoms with E-state index in [1.165, 1.54) is 13.2 Å². The number of benzene rings is 1. The van der Waals surface area contributed by atoms with Crippen molar-refractivity contribution in [2.24, 2.45) is 0 Å². The molecule has 0 radical (unpaired) electrons. The molecule has 5 heteroatoms. The van der Waals surface area contributed by atoms with Crippen LogP contribution in [0, 0.1) is 6.92 Å². The fourth-order valence-electron chi connectivity index (χ4n) is 1.94. The molecule has 94 valence electrons. The maximum atomic E-state index is 11.8. The van der Waals surface area contributed by atoms with Gasteiger partial charge in [0.05, 0.1) is 19.8 Å². The van der Waals surface area contributed by atoms with E-state index >= 15 is 0 Å². The van der Waals surface area contributed by atoms with Crippen molar-refractivity contribution in [3.05, 3.63) is 29.3 Å². The van der Waals surface area contributed by atoms with Gasteiger partial charge in [-0.05, 0) is 24.6 Å². The Bertz CT molecular complexity index is 623. The molecule has 0 aliphatic heterocycles. The fourth-order valence-corrected chi connectivity index (χ4v) is 1.94. The Kier molecular flexibility index (Phi) is 3.06. The summed E-state index contributed by atoms with van der Waals surface area (Å²) in [5.41, 5.74) is 7.60. The second-order valence-corrected chi connectivity index (χ2v) is 3.89. The Balaban J connectivity index is 2.90. The first-order valence-electron chi connectivity index (χ1n) is 5.40. The molecule has 0 spiro atoms. The minimum Gasteiger partial charge on any atom is -0.494 e. The van der Waals surface area contributed by atoms with Crippen LogP contribution < -0.4 is 10.5 Å². The van der Waals surface area contributed by atoms with E-state index in [4.69, 9.17) is 15.2 Å². The number of fused-ring (bicyclic) bond motifs is 1. The molecular weight excluding hydrogens is 232 g/mol. The van der Waals surface area contributed by atoms with E-state index < -0.39 is 5.97 Å². The van der Waals surface area contributed by atoms with Crippen molar-refractivity contribution in [1.29, 1.82) is 0 Å². The molecule has 0 saturated heterocycles. The van der Waals surface area contributed by atoms with Gasteiger partial charge in [0.1, 0.15) is 17.1 Å². The van der Waals surface area contributed by atoms with E-state index in [0.717, 1.165) is 5.56 Å². The number of aryl methyl sites for hydroxylation is 1. The van der Waals surface area contributed by atoms with Crippen molar-refractivity contribution < 1.29 is 14.3 Å². The quantitative estimate of drug-likeness (QED) is 0.819. The van der Waals surface area contributed by atoms with Crippen LogP contribution in [0.3, 0.4) is 0 Å². The van der Waals surface area contributed by atoms with Crippen LogP contribution >= 0.6 is 0 Å². The molecule has 2 N–H and O–H groups in total. The molecule has 5 nitrogen and oxygen atoms in total. The summed E-state index contributed by atoms with van der Waals surface area (Å²) in [7, 11) is 2.88. The molecule has 2 rings (SSSR count). The van der Waals surface area contributed by atoms with Gasteiger partial charge in [-0.15, -0.1) is 0 Å². The van der Waals surface area contributed by atoms with Crippen LogP contribution in [0.2, 0.25) is 0 Å². The third-order valence-corrected chi connectivity index (χ3v) is 2.78. The average Bonchev–Trinajstić information content (AvgIpc) is 2.37. The van der Waals surface area contributed by atoms with E-state index in [9.17, 15) is 4.79 Å². The predicted molar refractivity (Wildman–Crippen MR) is 68.8 cm³/mol. The summed E-state index contributed by atoms with van der Waals surface area (Å²) in [5, 5.41) is 0.704. The van der Waals surface area contributed by atoms with E-state index in [2.05, 4.69) is 4.98 Å². The number of carbonyl (C=O) groups is 1. The zero-order valence-corrected chi connectivity index (χ0v) is 10.5. The number of hydrogen-bond donors (Lipinski definition) is 1. The van der Waals surface area contributed by atoms with E-state index in [0.29, 0.717) is 22.2 Å². The van der Waals surface area contributed by atoms with Crippen LogP contribution in [-0.4, -0.2) is 25.2 Å². The Morgan fingerprint density at radius 1 is 1.33 bits per heavy atom. The number of methoxy groups -OCH3 is 2. The van der Waals surface area contributed by atoms with E-state index in [1.54, 1.807) is 13.2 Å². The molecule has 0 saturated carbocycles. The number of nitrogen functional groups attached to an aromatic ring is 1. The second-order valence-electron chi connectivity index (χ2n) is 3.89. The molecule has 0 unspecified atom stereocenters. The molecule has 0 aliphatic carbocycles. The second kappa shape index (κ2) is 4.52. The average molecular weight is 246 g/mol. The molecule has 1 aromatic heterocycles. The van der Waals surface area contributed by atoms with Gasteiger partial charge in [-0.2, -0.15) is 0 Å². The summed E-state index contributed by atoms with van der Waals surface area (Å²) in [5.74, 6) is 0.394. The van der Waals surface area contributed by atoms with Crippen LogP contribution in [-0.2, 0) is 4.74 Å². The van der Waals surface area contributed by atoms with Gasteiger partial charge in [-0.3, -0.25) is 0 Å². The number of ether oxygens (including phenoxy) is 2. The normalized spacial score (nSPS) is 10.4. The maximum Gasteiger partial charge on any atom is 0.338 e. The highest BCUT2D eigenvalue weighted by Gasteiger charge is 2.17. The summed E-state index contributed by atoms with van der Waals surface area (Å²) in [6.45, 7) is 1.89. The maximum absolute atomic E-state index is 11.8. The lowest BCUT2D eigenvalue weighted by atomic mass is 10.0. The van der Waals surface area contributed by atoms with Gasteiger partial charge in [0.25, 0.3) is 0 Å². The molecule has 18 heavy (non-hydrogen) atoms. The van der Waals surface area contributed by atoms with Crippen molar-refractivity contribution >= 4 is 22.7 Å². The van der Waals surface area contributed by atoms with Gasteiger partial charge >= 0.3 is 5.97 Å². The van der Waals surface area contributed by atoms with Crippen molar-refractivity contribution in [3.8, 4) is 5.75 Å². The number of pyridine rings is 1. The standard InChI is InChI=1S/C13H14N2O3/c1-7-4-5-9(17-2)12-11(7)8(13(16)18-3)6-10(14)15-12/h4-6H,1-3H3,(H2,14,15). The number of aromatic nitrogens is 1. The first-order chi connectivity index (χ1) is 8.58. The van der Waals surface area contributed by atoms with Crippen molar-refractivity contribution in [1.82, 2.24) is 4.98 Å². The van der Waals surface area contributed by atoms with Crippen LogP contribution in [0.1, 0.15) is 15.9 Å². The minimum atomic E-state index is -0.439. The predicted octanol–water partition coefficient (Wildman–Crippen LogP) is 1.92. The van der Waals surface area contributed by atoms with Crippen molar-refractivity contribution in [3.63, 3.8) is 0 Å². The molecule has 0 fully saturated rings. The van der Waals surface area contributed by atoms with Gasteiger partial charge in [0, 0.05) is 5.39 Å². The third-order valence-electron chi connectivity index (χ3n) is 2.78. The first kappa shape index (κ1) is 12.2. The number of nitrogens with two attached hydrogens (primary N) is 1. The smallest absolute Gasteiger partial charge is 0.338 e. The number of anilines is 1. The molecule has 0 amide bonds. The van der Waals surface area contributed by atoms with Crippen LogP contribution in [0.5, 0.6) is 5.75 Å². The largest absolute Gasteiger partial charge is 0.494 e. The highest BCUT2D eigenvalue weighted by atomic mass is 16.5. The lowest BCUT2D eigenvalue weighted by Crippen LogP contribution is -2.06. The highest BCUT2D eigenvalue weighted by Crippen LogP contribution is 2.30. The Morgan fingerprint density at radius 2 is 2.06 bits per heavy atom. The monoisotopic (exact) mass is 246 g/mol. The third kappa shape index (κ3) is 1.84. The van der Waals surface area contributed by atoms with Crippen LogP contribution in [0.15, 0.2) is 18.2 Å². The summed E-state index contributed by atoms with van der Waals surface area (Å²) < 4.78 is 10.0. The number of rotatable bonds is 2. The highest BCUT2D eigenvalue weighted by molar-refractivity contribution is 6.07. The lowest BCUT2D eigenvalue weighted by molar-refractivity contribution is 0.0603. The molecular formula is C13H14N2O3. The topological polar surface area (TPSA) is 74.4 Å². The van der Waals surface area contributed by atoms with E-state index in [1.807, 2.05) is 13.0 Å². The van der Waals surface area contributed by atoms with Gasteiger partial charge in [0.2, 0.25) is 0 Å². The summed E-state index contributed by atoms with van der Waals surface area (Å²) in [4.78, 5) is 16.0. The molecule has 1 aromatic carbocycles. The molecule has 0 bridgehead atoms. The fraction of sp³-hybridized carbons (Fsp3) is 0.231. The summed E-state index contributed by atoms with van der Waals surface area (Å²) >= 11 is 0. The van der Waals surface area contributed by atoms with E-state index in [-0.39, 0.29) is 5.82 Å². The number of carbonyl (C=O) groups excluding carboxylic acids is 1. The Labute approximate surface area is 105 Å². The number of hydrogen-bond acceptors (Lipinski definition) is 5. The van der Waals surface area contributed by atoms with Crippen LogP contribution in [0.25, 0.3) is 10.9 Å². The zero-order valence-electron chi connectivity index (χ0n) is 10.5. The lowest BCUT2D eigenvalue weighted by Gasteiger charge is -2.11. The minimum absolute atomic E-state index is 0.256. The van der Waals surface area contributed by atoms with Crippen molar-refractivity contribution in [2.45, 2.75) is 6.92 Å². The number of nitrogens with zero attached hydrogens (tertiary/aromatic N) is 1. The molecule has 2 aromatic rings. The number of esters is 1. The first-order valence-corrected chi connectivity index (χ1v) is 5.40. The van der Waals surface area contributed by atoms with Gasteiger partial charge in [0.15, 0.2) is 0 Å². The molecule has 0 aliphatic rings. The molecule has 1 heterocycles. The van der Waals surface area contributed by atoms with Gasteiger partial charge in [-0.25, -0.2) is 9.78 Å². The van der Waals surface area contributed by atoms with Crippen molar-refractivity contribution in [2.75, 3.05) is 20.0 Å². The van der Waals surface area contributed by atoms with Gasteiger partial charge in [-0.1, -0.05) is 6.07 Å². The van der Waals surface area contributed by atoms with Crippen LogP contribution in [0.4, 0.5) is 5.82 Å². The van der Waals surface area contributed by atoms with Gasteiger partial charge < -0.3 is 15.2 Å². The SMILES string of the molecule is COC(=O)c1cc(N)nc2c(OC)ccc(C)c12. The summed E-state index contributed by atoms with van der Waals surface area (Å²) in [6, 6.07) is 5.18. The molecule has 0 atom stereocenters. The Hall–Kier alpha value is -2.30.